The van der Waals surface area contributed by atoms with Gasteiger partial charge in [0.05, 0.1) is 5.56 Å². The Kier molecular flexibility index (Phi) is 6.14. The Labute approximate surface area is 185 Å². The minimum absolute atomic E-state index is 0.0415. The van der Waals surface area contributed by atoms with Crippen LogP contribution in [0.4, 0.5) is 19.0 Å². The van der Waals surface area contributed by atoms with E-state index in [0.717, 1.165) is 38.1 Å². The first-order chi connectivity index (χ1) is 15.8. The van der Waals surface area contributed by atoms with Crippen LogP contribution in [0.25, 0.3) is 22.0 Å². The third kappa shape index (κ3) is 4.44. The van der Waals surface area contributed by atoms with Gasteiger partial charge in [0, 0.05) is 28.9 Å². The molecule has 0 bridgehead atoms. The fraction of sp³-hybridized carbons (Fsp3) is 0.273. The summed E-state index contributed by atoms with van der Waals surface area (Å²) in [6.07, 6.45) is -3.26. The molecule has 0 spiro atoms. The number of hydrogen-bond donors (Lipinski definition) is 3. The lowest BCUT2D eigenvalue weighted by Crippen LogP contribution is -2.38. The van der Waals surface area contributed by atoms with E-state index in [1.54, 1.807) is 24.3 Å². The van der Waals surface area contributed by atoms with Gasteiger partial charge in [0.1, 0.15) is 5.69 Å². The number of carbonyl (C=O) groups is 2. The number of aromatic hydroxyl groups is 1. The van der Waals surface area contributed by atoms with E-state index in [-0.39, 0.29) is 23.8 Å². The van der Waals surface area contributed by atoms with E-state index in [1.807, 2.05) is 0 Å². The molecule has 0 amide bonds. The number of Topliss-reactive ketones (excluding diaryl/α,β-unsaturated/α-hetero) is 1. The van der Waals surface area contributed by atoms with Gasteiger partial charge in [-0.1, -0.05) is 24.3 Å². The lowest BCUT2D eigenvalue weighted by molar-refractivity contribution is -0.121. The minimum atomic E-state index is -5.22. The molecule has 1 atom stereocenters. The van der Waals surface area contributed by atoms with Crippen molar-refractivity contribution in [1.29, 1.82) is 0 Å². The Morgan fingerprint density at radius 2 is 1.94 bits per heavy atom. The van der Waals surface area contributed by atoms with Crippen LogP contribution < -0.4 is 15.4 Å². The average Bonchev–Trinajstić information content (AvgIpc) is 2.81. The number of anilines is 1. The highest BCUT2D eigenvalue weighted by Crippen LogP contribution is 2.43. The molecule has 11 heteroatoms. The molecule has 33 heavy (non-hydrogen) atoms. The van der Waals surface area contributed by atoms with Crippen LogP contribution in [-0.4, -0.2) is 52.9 Å². The number of ketones is 1. The van der Waals surface area contributed by atoms with Gasteiger partial charge in [0.2, 0.25) is 0 Å². The quantitative estimate of drug-likeness (QED) is 0.379. The van der Waals surface area contributed by atoms with Crippen LogP contribution in [-0.2, 0) is 4.79 Å². The van der Waals surface area contributed by atoms with Gasteiger partial charge < -0.3 is 20.5 Å². The summed E-state index contributed by atoms with van der Waals surface area (Å²) < 4.78 is 43.4. The highest BCUT2D eigenvalue weighted by molar-refractivity contribution is 6.06. The predicted molar refractivity (Wildman–Crippen MR) is 113 cm³/mol. The van der Waals surface area contributed by atoms with Gasteiger partial charge in [0.15, 0.2) is 17.3 Å². The molecule has 1 aromatic heterocycles. The lowest BCUT2D eigenvalue weighted by Gasteiger charge is -2.24. The number of nitrogens with one attached hydrogen (secondary N) is 2. The zero-order chi connectivity index (χ0) is 23.6. The van der Waals surface area contributed by atoms with E-state index >= 15 is 0 Å². The molecule has 1 fully saturated rings. The minimum Gasteiger partial charge on any atom is -0.504 e. The van der Waals surface area contributed by atoms with Crippen molar-refractivity contribution in [2.45, 2.75) is 25.1 Å². The van der Waals surface area contributed by atoms with Crippen molar-refractivity contribution in [1.82, 2.24) is 15.5 Å². The van der Waals surface area contributed by atoms with Crippen LogP contribution in [0, 0.1) is 0 Å². The SMILES string of the molecule is O=COc1c(C(=O)C(F)(F)F)ccc(-c2nnc(N[C@@H]3CCCNC3)c3ccccc23)c1O. The number of fused-ring (bicyclic) bond motifs is 1. The normalized spacial score (nSPS) is 16.4. The van der Waals surface area contributed by atoms with E-state index in [0.29, 0.717) is 16.6 Å². The van der Waals surface area contributed by atoms with Gasteiger partial charge in [0.25, 0.3) is 12.3 Å². The summed E-state index contributed by atoms with van der Waals surface area (Å²) in [7, 11) is 0. The van der Waals surface area contributed by atoms with Crippen LogP contribution in [0.2, 0.25) is 0 Å². The van der Waals surface area contributed by atoms with Crippen LogP contribution in [0.1, 0.15) is 23.2 Å². The maximum absolute atomic E-state index is 12.9. The number of phenolic OH excluding ortho intramolecular Hbond substituents is 1. The highest BCUT2D eigenvalue weighted by atomic mass is 19.4. The number of carbonyl (C=O) groups excluding carboxylic acids is 2. The second kappa shape index (κ2) is 9.02. The molecule has 3 aromatic rings. The maximum atomic E-state index is 12.9. The van der Waals surface area contributed by atoms with Crippen molar-refractivity contribution in [2.75, 3.05) is 18.4 Å². The Hall–Kier alpha value is -3.73. The molecular formula is C22H19F3N4O4. The Morgan fingerprint density at radius 1 is 1.18 bits per heavy atom. The molecule has 1 aliphatic rings. The number of nitrogens with zero attached hydrogens (tertiary/aromatic N) is 2. The smallest absolute Gasteiger partial charge is 0.455 e. The number of rotatable bonds is 6. The Balaban J connectivity index is 1.82. The zero-order valence-electron chi connectivity index (χ0n) is 17.1. The molecule has 4 rings (SSSR count). The number of benzene rings is 2. The number of piperidine rings is 1. The summed E-state index contributed by atoms with van der Waals surface area (Å²) in [5, 5.41) is 27.0. The molecule has 0 unspecified atom stereocenters. The van der Waals surface area contributed by atoms with Crippen molar-refractivity contribution in [2.24, 2.45) is 0 Å². The molecule has 2 heterocycles. The van der Waals surface area contributed by atoms with E-state index in [2.05, 4.69) is 25.6 Å². The van der Waals surface area contributed by atoms with E-state index < -0.39 is 29.0 Å². The first kappa shape index (κ1) is 22.5. The van der Waals surface area contributed by atoms with Crippen LogP contribution in [0.5, 0.6) is 11.5 Å². The molecule has 1 saturated heterocycles. The molecule has 3 N–H and O–H groups in total. The molecule has 172 valence electrons. The first-order valence-electron chi connectivity index (χ1n) is 10.1. The summed E-state index contributed by atoms with van der Waals surface area (Å²) >= 11 is 0. The number of aromatic nitrogens is 2. The van der Waals surface area contributed by atoms with E-state index in [1.165, 1.54) is 0 Å². The molecular weight excluding hydrogens is 441 g/mol. The van der Waals surface area contributed by atoms with Crippen molar-refractivity contribution in [3.8, 4) is 22.8 Å². The molecule has 0 saturated carbocycles. The van der Waals surface area contributed by atoms with Gasteiger partial charge >= 0.3 is 6.18 Å². The lowest BCUT2D eigenvalue weighted by atomic mass is 9.99. The van der Waals surface area contributed by atoms with Crippen molar-refractivity contribution in [3.63, 3.8) is 0 Å². The Bertz CT molecular complexity index is 1210. The van der Waals surface area contributed by atoms with Gasteiger partial charge in [-0.3, -0.25) is 9.59 Å². The predicted octanol–water partition coefficient (Wildman–Crippen LogP) is 3.45. The fourth-order valence-electron chi connectivity index (χ4n) is 3.84. The van der Waals surface area contributed by atoms with Crippen LogP contribution in [0.15, 0.2) is 36.4 Å². The van der Waals surface area contributed by atoms with Gasteiger partial charge in [-0.15, -0.1) is 10.2 Å². The average molecular weight is 460 g/mol. The fourth-order valence-corrected chi connectivity index (χ4v) is 3.84. The van der Waals surface area contributed by atoms with Gasteiger partial charge in [-0.2, -0.15) is 13.2 Å². The van der Waals surface area contributed by atoms with Gasteiger partial charge in [-0.25, -0.2) is 0 Å². The van der Waals surface area contributed by atoms with Crippen molar-refractivity contribution < 1.29 is 32.6 Å². The molecule has 8 nitrogen and oxygen atoms in total. The van der Waals surface area contributed by atoms with Crippen LogP contribution in [0.3, 0.4) is 0 Å². The van der Waals surface area contributed by atoms with Crippen molar-refractivity contribution in [3.05, 3.63) is 42.0 Å². The summed E-state index contributed by atoms with van der Waals surface area (Å²) in [5.41, 5.74) is -0.881. The second-order valence-electron chi connectivity index (χ2n) is 7.51. The zero-order valence-corrected chi connectivity index (χ0v) is 17.1. The standard InChI is InChI=1S/C22H19F3N4O4/c23-22(24,25)20(32)16-8-7-15(18(31)19(16)33-11-30)17-13-5-1-2-6-14(13)21(29-28-17)27-12-4-3-9-26-10-12/h1-2,5-8,11-12,26,31H,3-4,9-10H2,(H,27,29)/t12-/m1/s1. The number of ether oxygens (including phenoxy) is 1. The molecule has 2 aromatic carbocycles. The molecule has 0 aliphatic carbocycles. The maximum Gasteiger partial charge on any atom is 0.455 e. The topological polar surface area (TPSA) is 113 Å². The summed E-state index contributed by atoms with van der Waals surface area (Å²) in [6.45, 7) is 1.54. The van der Waals surface area contributed by atoms with Gasteiger partial charge in [-0.05, 0) is 31.5 Å². The summed E-state index contributed by atoms with van der Waals surface area (Å²) in [5.74, 6) is -3.45. The number of phenols is 1. The monoisotopic (exact) mass is 460 g/mol. The first-order valence-corrected chi connectivity index (χ1v) is 10.1. The largest absolute Gasteiger partial charge is 0.504 e. The third-order valence-electron chi connectivity index (χ3n) is 5.38. The summed E-state index contributed by atoms with van der Waals surface area (Å²) in [4.78, 5) is 22.6. The number of halogens is 3. The van der Waals surface area contributed by atoms with E-state index in [4.69, 9.17) is 0 Å². The highest BCUT2D eigenvalue weighted by Gasteiger charge is 2.42. The number of hydrogen-bond acceptors (Lipinski definition) is 8. The number of alkyl halides is 3. The summed E-state index contributed by atoms with van der Waals surface area (Å²) in [6, 6.07) is 9.15. The van der Waals surface area contributed by atoms with E-state index in [9.17, 15) is 27.9 Å². The third-order valence-corrected chi connectivity index (χ3v) is 5.38. The van der Waals surface area contributed by atoms with Crippen molar-refractivity contribution >= 4 is 28.8 Å². The Morgan fingerprint density at radius 3 is 2.61 bits per heavy atom. The molecule has 1 aliphatic heterocycles. The van der Waals surface area contributed by atoms with Crippen LogP contribution >= 0.6 is 0 Å². The molecule has 0 radical (unpaired) electrons. The second-order valence-corrected chi connectivity index (χ2v) is 7.51.